The molecule has 0 amide bonds. The van der Waals surface area contributed by atoms with Crippen molar-refractivity contribution in [3.05, 3.63) is 78.6 Å². The maximum absolute atomic E-state index is 14.4. The van der Waals surface area contributed by atoms with Gasteiger partial charge in [-0.2, -0.15) is 14.0 Å². The number of aliphatic hydroxyl groups is 1. The van der Waals surface area contributed by atoms with Crippen LogP contribution in [-0.4, -0.2) is 31.1 Å². The molecule has 0 fully saturated rings. The van der Waals surface area contributed by atoms with E-state index >= 15 is 0 Å². The lowest BCUT2D eigenvalue weighted by Crippen LogP contribution is -2.33. The zero-order chi connectivity index (χ0) is 28.5. The number of aromatic nitrogens is 4. The van der Waals surface area contributed by atoms with E-state index in [1.165, 1.54) is 20.8 Å². The maximum Gasteiger partial charge on any atom is 0.352 e. The van der Waals surface area contributed by atoms with Crippen LogP contribution in [0.4, 0.5) is 26.3 Å². The van der Waals surface area contributed by atoms with E-state index in [-0.39, 0.29) is 28.2 Å². The van der Waals surface area contributed by atoms with Gasteiger partial charge in [-0.05, 0) is 32.9 Å². The lowest BCUT2D eigenvalue weighted by atomic mass is 10.0. The highest BCUT2D eigenvalue weighted by Crippen LogP contribution is 2.39. The van der Waals surface area contributed by atoms with Gasteiger partial charge in [-0.15, -0.1) is 0 Å². The van der Waals surface area contributed by atoms with Gasteiger partial charge in [0.25, 0.3) is 17.5 Å². The van der Waals surface area contributed by atoms with Crippen LogP contribution in [0.1, 0.15) is 58.9 Å². The van der Waals surface area contributed by atoms with Gasteiger partial charge in [-0.3, -0.25) is 14.2 Å². The van der Waals surface area contributed by atoms with Crippen molar-refractivity contribution in [2.75, 3.05) is 0 Å². The molecule has 38 heavy (non-hydrogen) atoms. The topological polar surface area (TPSA) is 134 Å². The summed E-state index contributed by atoms with van der Waals surface area (Å²) >= 11 is 0. The second-order valence-corrected chi connectivity index (χ2v) is 8.18. The fourth-order valence-corrected chi connectivity index (χ4v) is 3.37. The van der Waals surface area contributed by atoms with Crippen molar-refractivity contribution in [1.29, 1.82) is 5.26 Å². The number of rotatable bonds is 8. The number of nitrogens with zero attached hydrogens (tertiary/aromatic N) is 4. The third kappa shape index (κ3) is 5.40. The number of aromatic amines is 1. The Labute approximate surface area is 210 Å². The molecule has 1 unspecified atom stereocenters. The van der Waals surface area contributed by atoms with Crippen LogP contribution >= 0.6 is 0 Å². The summed E-state index contributed by atoms with van der Waals surface area (Å²) in [6.45, 7) is 3.28. The second kappa shape index (κ2) is 10.7. The number of H-pyrrole nitrogens is 1. The van der Waals surface area contributed by atoms with E-state index in [1.807, 2.05) is 0 Å². The monoisotopic (exact) mass is 543 g/mol. The van der Waals surface area contributed by atoms with Gasteiger partial charge in [0.1, 0.15) is 17.7 Å². The fourth-order valence-electron chi connectivity index (χ4n) is 3.37. The van der Waals surface area contributed by atoms with Crippen LogP contribution in [0, 0.1) is 25.2 Å². The molecular formula is C23H19F6N5O4. The average Bonchev–Trinajstić information content (AvgIpc) is 2.83. The summed E-state index contributed by atoms with van der Waals surface area (Å²) in [6.07, 6.45) is -8.09. The Morgan fingerprint density at radius 3 is 2.39 bits per heavy atom. The van der Waals surface area contributed by atoms with Crippen LogP contribution in [0.25, 0.3) is 0 Å². The number of benzene rings is 1. The second-order valence-electron chi connectivity index (χ2n) is 8.18. The first kappa shape index (κ1) is 28.4. The van der Waals surface area contributed by atoms with Crippen LogP contribution < -0.4 is 15.9 Å². The average molecular weight is 543 g/mol. The highest BCUT2D eigenvalue weighted by atomic mass is 19.3. The minimum Gasteiger partial charge on any atom is -0.449 e. The number of alkyl halides is 6. The van der Waals surface area contributed by atoms with Crippen molar-refractivity contribution in [1.82, 2.24) is 19.5 Å². The molecule has 15 heteroatoms. The Kier molecular flexibility index (Phi) is 7.96. The lowest BCUT2D eigenvalue weighted by molar-refractivity contribution is -0.139. The van der Waals surface area contributed by atoms with Gasteiger partial charge in [0.15, 0.2) is 5.69 Å². The molecule has 2 heterocycles. The van der Waals surface area contributed by atoms with Crippen molar-refractivity contribution in [2.45, 2.75) is 52.2 Å². The number of halogens is 6. The Hall–Kier alpha value is -4.19. The van der Waals surface area contributed by atoms with Gasteiger partial charge in [0, 0.05) is 16.8 Å². The molecule has 3 rings (SSSR count). The van der Waals surface area contributed by atoms with Crippen molar-refractivity contribution in [2.24, 2.45) is 0 Å². The predicted octanol–water partition coefficient (Wildman–Crippen LogP) is 4.00. The number of aliphatic hydroxyl groups excluding tert-OH is 1. The molecule has 0 spiro atoms. The third-order valence-corrected chi connectivity index (χ3v) is 5.52. The summed E-state index contributed by atoms with van der Waals surface area (Å²) in [6, 6.07) is 3.12. The number of nitriles is 1. The molecular weight excluding hydrogens is 524 g/mol. The van der Waals surface area contributed by atoms with Crippen LogP contribution in [-0.2, 0) is 12.5 Å². The zero-order valence-electron chi connectivity index (χ0n) is 19.9. The molecule has 0 aliphatic rings. The van der Waals surface area contributed by atoms with Crippen LogP contribution in [0.5, 0.6) is 11.5 Å². The minimum absolute atomic E-state index is 0.0557. The first-order valence-electron chi connectivity index (χ1n) is 10.7. The Morgan fingerprint density at radius 2 is 1.87 bits per heavy atom. The molecule has 2 aromatic heterocycles. The number of ether oxygens (including phenoxy) is 1. The van der Waals surface area contributed by atoms with E-state index < -0.39 is 65.3 Å². The Bertz CT molecular complexity index is 1530. The van der Waals surface area contributed by atoms with E-state index in [1.54, 1.807) is 6.07 Å². The summed E-state index contributed by atoms with van der Waals surface area (Å²) in [5.74, 6) is -7.13. The van der Waals surface area contributed by atoms with Crippen molar-refractivity contribution >= 4 is 0 Å². The van der Waals surface area contributed by atoms with E-state index in [4.69, 9.17) is 4.74 Å². The quantitative estimate of drug-likeness (QED) is 0.410. The predicted molar refractivity (Wildman–Crippen MR) is 119 cm³/mol. The van der Waals surface area contributed by atoms with E-state index in [0.717, 1.165) is 6.07 Å². The standard InChI is InChI=1S/C23H19F6N5O4/c1-9-13(6-30)4-12(18(24)25)5-15(9)38-16-17(23(28,29)22(26)27)31-8-34(21(16)37)7-14-10(2)32-19(11(3)35)33-20(14)36/h4-5,8,11,18,22,35H,7H2,1-3H3,(H,32,33,36). The van der Waals surface area contributed by atoms with Crippen LogP contribution in [0.2, 0.25) is 0 Å². The molecule has 2 N–H and O–H groups in total. The van der Waals surface area contributed by atoms with Crippen molar-refractivity contribution in [3.63, 3.8) is 0 Å². The Morgan fingerprint density at radius 1 is 1.21 bits per heavy atom. The van der Waals surface area contributed by atoms with Crippen molar-refractivity contribution in [3.8, 4) is 17.6 Å². The van der Waals surface area contributed by atoms with Crippen molar-refractivity contribution < 1.29 is 36.2 Å². The molecule has 0 bridgehead atoms. The summed E-state index contributed by atoms with van der Waals surface area (Å²) in [4.78, 5) is 35.2. The smallest absolute Gasteiger partial charge is 0.352 e. The number of aryl methyl sites for hydroxylation is 1. The van der Waals surface area contributed by atoms with E-state index in [9.17, 15) is 46.3 Å². The first-order chi connectivity index (χ1) is 17.7. The molecule has 202 valence electrons. The maximum atomic E-state index is 14.4. The number of nitrogens with one attached hydrogen (secondary N) is 1. The van der Waals surface area contributed by atoms with Gasteiger partial charge in [-0.25, -0.2) is 27.5 Å². The SMILES string of the molecule is Cc1nc(C(C)O)[nH]c(=O)c1Cn1cnc(C(F)(F)C(F)F)c(Oc2cc(C(F)F)cc(C#N)c2C)c1=O. The first-order valence-corrected chi connectivity index (χ1v) is 10.7. The zero-order valence-corrected chi connectivity index (χ0v) is 19.9. The molecule has 1 atom stereocenters. The highest BCUT2D eigenvalue weighted by molar-refractivity contribution is 5.51. The summed E-state index contributed by atoms with van der Waals surface area (Å²) in [5, 5.41) is 18.9. The fraction of sp³-hybridized carbons (Fsp3) is 0.348. The van der Waals surface area contributed by atoms with Gasteiger partial charge in [0.05, 0.1) is 30.1 Å². The Balaban J connectivity index is 2.23. The molecule has 3 aromatic rings. The van der Waals surface area contributed by atoms with Crippen LogP contribution in [0.3, 0.4) is 0 Å². The molecule has 0 aliphatic carbocycles. The van der Waals surface area contributed by atoms with Gasteiger partial charge < -0.3 is 14.8 Å². The van der Waals surface area contributed by atoms with E-state index in [0.29, 0.717) is 17.0 Å². The van der Waals surface area contributed by atoms with E-state index in [2.05, 4.69) is 15.0 Å². The largest absolute Gasteiger partial charge is 0.449 e. The highest BCUT2D eigenvalue weighted by Gasteiger charge is 2.48. The molecule has 0 saturated carbocycles. The van der Waals surface area contributed by atoms with Gasteiger partial charge in [-0.1, -0.05) is 0 Å². The summed E-state index contributed by atoms with van der Waals surface area (Å²) in [7, 11) is 0. The van der Waals surface area contributed by atoms with Gasteiger partial charge >= 0.3 is 12.3 Å². The molecule has 0 saturated heterocycles. The van der Waals surface area contributed by atoms with Crippen LogP contribution in [0.15, 0.2) is 28.0 Å². The third-order valence-electron chi connectivity index (χ3n) is 5.52. The molecule has 0 radical (unpaired) electrons. The number of hydrogen-bond donors (Lipinski definition) is 2. The molecule has 9 nitrogen and oxygen atoms in total. The summed E-state index contributed by atoms with van der Waals surface area (Å²) < 4.78 is 87.6. The lowest BCUT2D eigenvalue weighted by Gasteiger charge is -2.20. The van der Waals surface area contributed by atoms with Gasteiger partial charge in [0.2, 0.25) is 5.75 Å². The molecule has 1 aromatic carbocycles. The minimum atomic E-state index is -4.99. The number of hydrogen-bond acceptors (Lipinski definition) is 7. The summed E-state index contributed by atoms with van der Waals surface area (Å²) in [5.41, 5.74) is -5.33. The normalized spacial score (nSPS) is 12.6. The molecule has 0 aliphatic heterocycles.